The molecule has 0 spiro atoms. The molecule has 126 valence electrons. The molecule has 0 bridgehead atoms. The number of nitrogens with one attached hydrogen (secondary N) is 2. The highest BCUT2D eigenvalue weighted by Gasteiger charge is 2.25. The molecule has 1 fully saturated rings. The van der Waals surface area contributed by atoms with Crippen LogP contribution in [0.15, 0.2) is 21.8 Å². The van der Waals surface area contributed by atoms with E-state index in [0.29, 0.717) is 17.8 Å². The van der Waals surface area contributed by atoms with Crippen molar-refractivity contribution < 1.29 is 8.73 Å². The second-order valence-electron chi connectivity index (χ2n) is 5.22. The number of aromatic nitrogens is 1. The van der Waals surface area contributed by atoms with Crippen molar-refractivity contribution in [2.45, 2.75) is 50.4 Å². The van der Waals surface area contributed by atoms with Gasteiger partial charge in [0.05, 0.1) is 6.54 Å². The second kappa shape index (κ2) is 10.2. The van der Waals surface area contributed by atoms with Crippen LogP contribution in [0.25, 0.3) is 0 Å². The smallest absolute Gasteiger partial charge is 0.191 e. The summed E-state index contributed by atoms with van der Waals surface area (Å²) in [5.41, 5.74) is 0.839. The Labute approximate surface area is 151 Å². The van der Waals surface area contributed by atoms with Crippen LogP contribution in [0.2, 0.25) is 0 Å². The second-order valence-corrected chi connectivity index (χ2v) is 7.22. The van der Waals surface area contributed by atoms with Crippen molar-refractivity contribution in [3.63, 3.8) is 0 Å². The maximum atomic E-state index is 12.0. The van der Waals surface area contributed by atoms with E-state index in [4.69, 9.17) is 4.52 Å². The van der Waals surface area contributed by atoms with Crippen LogP contribution >= 0.6 is 24.0 Å². The van der Waals surface area contributed by atoms with Crippen LogP contribution in [0.4, 0.5) is 0 Å². The molecule has 3 atom stereocenters. The monoisotopic (exact) mass is 440 g/mol. The zero-order chi connectivity index (χ0) is 15.1. The number of guanidine groups is 1. The van der Waals surface area contributed by atoms with Crippen LogP contribution in [-0.2, 0) is 17.3 Å². The minimum absolute atomic E-state index is 0. The molecule has 1 aromatic heterocycles. The van der Waals surface area contributed by atoms with E-state index in [-0.39, 0.29) is 24.0 Å². The summed E-state index contributed by atoms with van der Waals surface area (Å²) >= 11 is 0. The maximum Gasteiger partial charge on any atom is 0.191 e. The van der Waals surface area contributed by atoms with Crippen molar-refractivity contribution >= 4 is 40.7 Å². The van der Waals surface area contributed by atoms with Gasteiger partial charge in [0.25, 0.3) is 0 Å². The molecule has 1 aromatic rings. The summed E-state index contributed by atoms with van der Waals surface area (Å²) < 4.78 is 16.8. The van der Waals surface area contributed by atoms with Gasteiger partial charge in [-0.15, -0.1) is 24.0 Å². The topological polar surface area (TPSA) is 79.5 Å². The highest BCUT2D eigenvalue weighted by atomic mass is 127. The molecule has 2 rings (SSSR count). The standard InChI is InChI=1S/C14H24N4O2S.HI/c1-3-21(19)13-6-4-5-11(9-13)17-14(15-2)16-10-12-7-8-20-18-12;/h7-8,11,13H,3-6,9-10H2,1-2H3,(H2,15,16,17);1H. The van der Waals surface area contributed by atoms with Crippen LogP contribution in [0.5, 0.6) is 0 Å². The lowest BCUT2D eigenvalue weighted by Gasteiger charge is -2.30. The molecule has 2 N–H and O–H groups in total. The van der Waals surface area contributed by atoms with Crippen molar-refractivity contribution in [1.82, 2.24) is 15.8 Å². The van der Waals surface area contributed by atoms with E-state index in [1.165, 1.54) is 0 Å². The van der Waals surface area contributed by atoms with Gasteiger partial charge < -0.3 is 15.2 Å². The van der Waals surface area contributed by atoms with Crippen molar-refractivity contribution in [3.8, 4) is 0 Å². The summed E-state index contributed by atoms with van der Waals surface area (Å²) in [4.78, 5) is 4.23. The minimum Gasteiger partial charge on any atom is -0.364 e. The molecule has 1 aliphatic rings. The van der Waals surface area contributed by atoms with Gasteiger partial charge in [0.15, 0.2) is 5.96 Å². The van der Waals surface area contributed by atoms with Gasteiger partial charge in [-0.05, 0) is 19.3 Å². The zero-order valence-electron chi connectivity index (χ0n) is 13.1. The lowest BCUT2D eigenvalue weighted by Crippen LogP contribution is -2.46. The highest BCUT2D eigenvalue weighted by Crippen LogP contribution is 2.22. The summed E-state index contributed by atoms with van der Waals surface area (Å²) in [6, 6.07) is 2.16. The van der Waals surface area contributed by atoms with Crippen LogP contribution in [-0.4, -0.2) is 39.4 Å². The molecule has 1 saturated carbocycles. The van der Waals surface area contributed by atoms with Gasteiger partial charge in [-0.25, -0.2) is 0 Å². The molecule has 22 heavy (non-hydrogen) atoms. The number of nitrogens with zero attached hydrogens (tertiary/aromatic N) is 2. The van der Waals surface area contributed by atoms with Gasteiger partial charge in [0, 0.05) is 41.0 Å². The van der Waals surface area contributed by atoms with Crippen molar-refractivity contribution in [2.75, 3.05) is 12.8 Å². The summed E-state index contributed by atoms with van der Waals surface area (Å²) in [7, 11) is 1.05. The van der Waals surface area contributed by atoms with E-state index in [2.05, 4.69) is 20.8 Å². The predicted molar refractivity (Wildman–Crippen MR) is 100.0 cm³/mol. The van der Waals surface area contributed by atoms with Gasteiger partial charge in [-0.2, -0.15) is 0 Å². The number of rotatable bonds is 5. The Kier molecular flexibility index (Phi) is 8.99. The molecule has 1 heterocycles. The first-order valence-electron chi connectivity index (χ1n) is 7.46. The summed E-state index contributed by atoms with van der Waals surface area (Å²) in [5.74, 6) is 1.50. The summed E-state index contributed by atoms with van der Waals surface area (Å²) in [5, 5.41) is 10.8. The fourth-order valence-electron chi connectivity index (χ4n) is 2.64. The van der Waals surface area contributed by atoms with Crippen molar-refractivity contribution in [2.24, 2.45) is 4.99 Å². The maximum absolute atomic E-state index is 12.0. The van der Waals surface area contributed by atoms with Crippen LogP contribution in [0.1, 0.15) is 38.3 Å². The molecule has 8 heteroatoms. The largest absolute Gasteiger partial charge is 0.364 e. The first kappa shape index (κ1) is 19.4. The van der Waals surface area contributed by atoms with Crippen LogP contribution < -0.4 is 10.6 Å². The minimum atomic E-state index is -0.702. The number of hydrogen-bond acceptors (Lipinski definition) is 4. The zero-order valence-corrected chi connectivity index (χ0v) is 16.2. The van der Waals surface area contributed by atoms with E-state index in [9.17, 15) is 4.21 Å². The van der Waals surface area contributed by atoms with E-state index < -0.39 is 10.8 Å². The molecule has 1 aliphatic carbocycles. The van der Waals surface area contributed by atoms with Gasteiger partial charge in [-0.1, -0.05) is 18.5 Å². The van der Waals surface area contributed by atoms with Crippen molar-refractivity contribution in [3.05, 3.63) is 18.0 Å². The molecular weight excluding hydrogens is 415 g/mol. The van der Waals surface area contributed by atoms with E-state index in [1.54, 1.807) is 13.3 Å². The molecule has 3 unspecified atom stereocenters. The molecule has 0 radical (unpaired) electrons. The Bertz CT molecular complexity index is 481. The molecule has 0 amide bonds. The van der Waals surface area contributed by atoms with E-state index in [1.807, 2.05) is 13.0 Å². The van der Waals surface area contributed by atoms with Gasteiger partial charge in [-0.3, -0.25) is 9.20 Å². The fourth-order valence-corrected chi connectivity index (χ4v) is 3.99. The lowest BCUT2D eigenvalue weighted by molar-refractivity contribution is 0.407. The normalized spacial score (nSPS) is 23.5. The van der Waals surface area contributed by atoms with E-state index in [0.717, 1.165) is 43.1 Å². The Balaban J connectivity index is 0.00000242. The third kappa shape index (κ3) is 5.86. The van der Waals surface area contributed by atoms with Crippen LogP contribution in [0, 0.1) is 0 Å². The predicted octanol–water partition coefficient (Wildman–Crippen LogP) is 2.04. The number of hydrogen-bond donors (Lipinski definition) is 2. The number of aliphatic imine (C=N–C) groups is 1. The first-order valence-corrected chi connectivity index (χ1v) is 8.84. The Morgan fingerprint density at radius 3 is 3.00 bits per heavy atom. The molecule has 0 saturated heterocycles. The molecule has 0 aromatic carbocycles. The Morgan fingerprint density at radius 1 is 1.55 bits per heavy atom. The SMILES string of the molecule is CCS(=O)C1CCCC(NC(=NC)NCc2ccon2)C1.I. The van der Waals surface area contributed by atoms with Crippen LogP contribution in [0.3, 0.4) is 0 Å². The number of halogens is 1. The first-order chi connectivity index (χ1) is 10.2. The van der Waals surface area contributed by atoms with Crippen molar-refractivity contribution in [1.29, 1.82) is 0 Å². The Hall–Kier alpha value is -0.640. The molecular formula is C14H25IN4O2S. The summed E-state index contributed by atoms with van der Waals surface area (Å²) in [6.45, 7) is 2.57. The fraction of sp³-hybridized carbons (Fsp3) is 0.714. The lowest BCUT2D eigenvalue weighted by atomic mass is 9.95. The van der Waals surface area contributed by atoms with Gasteiger partial charge in [0.2, 0.25) is 0 Å². The van der Waals surface area contributed by atoms with Gasteiger partial charge >= 0.3 is 0 Å². The average Bonchev–Trinajstić information content (AvgIpc) is 3.04. The third-order valence-corrected chi connectivity index (χ3v) is 5.52. The highest BCUT2D eigenvalue weighted by molar-refractivity contribution is 14.0. The van der Waals surface area contributed by atoms with Gasteiger partial charge in [0.1, 0.15) is 12.0 Å². The quantitative estimate of drug-likeness (QED) is 0.416. The van der Waals surface area contributed by atoms with E-state index >= 15 is 0 Å². The Morgan fingerprint density at radius 2 is 2.36 bits per heavy atom. The average molecular weight is 440 g/mol. The molecule has 0 aliphatic heterocycles. The third-order valence-electron chi connectivity index (χ3n) is 3.78. The molecule has 6 nitrogen and oxygen atoms in total. The summed E-state index contributed by atoms with van der Waals surface area (Å²) in [6.07, 6.45) is 5.80.